The lowest BCUT2D eigenvalue weighted by Crippen LogP contribution is -2.20. The largest absolute Gasteiger partial charge is 0.491 e. The van der Waals surface area contributed by atoms with E-state index in [1.54, 1.807) is 0 Å². The summed E-state index contributed by atoms with van der Waals surface area (Å²) in [4.78, 5) is 3.20. The van der Waals surface area contributed by atoms with Gasteiger partial charge in [0.25, 0.3) is 11.1 Å². The van der Waals surface area contributed by atoms with Gasteiger partial charge < -0.3 is 19.2 Å². The Morgan fingerprint density at radius 1 is 1.10 bits per heavy atom. The fourth-order valence-corrected chi connectivity index (χ4v) is 3.75. The van der Waals surface area contributed by atoms with Crippen LogP contribution in [0.3, 0.4) is 0 Å². The fraction of sp³-hybridized carbons (Fsp3) is 0.304. The molecule has 0 amide bonds. The molecule has 4 rings (SSSR count). The van der Waals surface area contributed by atoms with E-state index in [1.165, 1.54) is 17.3 Å². The number of nitrogens with one attached hydrogen (secondary N) is 1. The number of rotatable bonds is 7. The van der Waals surface area contributed by atoms with Crippen molar-refractivity contribution in [3.63, 3.8) is 0 Å². The van der Waals surface area contributed by atoms with Gasteiger partial charge in [-0.05, 0) is 29.2 Å². The van der Waals surface area contributed by atoms with E-state index in [9.17, 15) is 5.11 Å². The Balaban J connectivity index is 1.30. The lowest BCUT2D eigenvalue weighted by molar-refractivity contribution is 0.126. The second kappa shape index (κ2) is 8.53. The van der Waals surface area contributed by atoms with Crippen LogP contribution in [0.1, 0.15) is 26.3 Å². The molecular formula is C23H25N3O3S. The van der Waals surface area contributed by atoms with Gasteiger partial charge in [0.15, 0.2) is 0 Å². The molecule has 0 bridgehead atoms. The van der Waals surface area contributed by atoms with Gasteiger partial charge in [0, 0.05) is 22.9 Å². The second-order valence-corrected chi connectivity index (χ2v) is 9.14. The summed E-state index contributed by atoms with van der Waals surface area (Å²) in [5.41, 5.74) is 3.23. The van der Waals surface area contributed by atoms with E-state index in [2.05, 4.69) is 48.1 Å². The molecule has 0 radical (unpaired) electrons. The molecule has 0 unspecified atom stereocenters. The molecule has 30 heavy (non-hydrogen) atoms. The third-order valence-corrected chi connectivity index (χ3v) is 5.75. The molecule has 4 aromatic rings. The Hall–Kier alpha value is -2.77. The molecule has 2 N–H and O–H groups in total. The molecule has 2 aromatic heterocycles. The third-order valence-electron chi connectivity index (χ3n) is 4.79. The van der Waals surface area contributed by atoms with Crippen molar-refractivity contribution in [1.82, 2.24) is 15.2 Å². The number of ether oxygens (including phenoxy) is 1. The first-order valence-corrected chi connectivity index (χ1v) is 10.8. The minimum Gasteiger partial charge on any atom is -0.491 e. The van der Waals surface area contributed by atoms with E-state index in [0.29, 0.717) is 16.9 Å². The van der Waals surface area contributed by atoms with Crippen LogP contribution < -0.4 is 4.74 Å². The predicted molar refractivity (Wildman–Crippen MR) is 119 cm³/mol. The molecule has 1 atom stereocenters. The molecule has 0 fully saturated rings. The summed E-state index contributed by atoms with van der Waals surface area (Å²) >= 11 is 1.31. The van der Waals surface area contributed by atoms with Gasteiger partial charge in [-0.15, -0.1) is 10.2 Å². The molecule has 0 aliphatic rings. The lowest BCUT2D eigenvalue weighted by atomic mass is 9.87. The number of thioether (sulfide) groups is 1. The highest BCUT2D eigenvalue weighted by Crippen LogP contribution is 2.29. The SMILES string of the molecule is CC(C)(C)c1ccc(OC[C@H](O)CSc2nnc(-c3c[nH]c4ccccc34)o2)cc1. The van der Waals surface area contributed by atoms with Gasteiger partial charge in [-0.1, -0.05) is 62.9 Å². The first-order valence-electron chi connectivity index (χ1n) is 9.84. The van der Waals surface area contributed by atoms with Crippen LogP contribution in [0.5, 0.6) is 5.75 Å². The zero-order valence-electron chi connectivity index (χ0n) is 17.3. The van der Waals surface area contributed by atoms with Crippen LogP contribution in [0.4, 0.5) is 0 Å². The smallest absolute Gasteiger partial charge is 0.276 e. The molecule has 2 aromatic carbocycles. The zero-order valence-corrected chi connectivity index (χ0v) is 18.1. The second-order valence-electron chi connectivity index (χ2n) is 8.17. The van der Waals surface area contributed by atoms with Crippen molar-refractivity contribution >= 4 is 22.7 Å². The number of aromatic nitrogens is 3. The maximum atomic E-state index is 10.2. The number of nitrogens with zero attached hydrogens (tertiary/aromatic N) is 2. The Morgan fingerprint density at radius 2 is 1.87 bits per heavy atom. The van der Waals surface area contributed by atoms with E-state index in [-0.39, 0.29) is 12.0 Å². The number of aliphatic hydroxyl groups is 1. The Bertz CT molecular complexity index is 1110. The van der Waals surface area contributed by atoms with E-state index in [4.69, 9.17) is 9.15 Å². The van der Waals surface area contributed by atoms with E-state index in [0.717, 1.165) is 22.2 Å². The summed E-state index contributed by atoms with van der Waals surface area (Å²) < 4.78 is 11.5. The maximum absolute atomic E-state index is 10.2. The van der Waals surface area contributed by atoms with E-state index in [1.807, 2.05) is 42.6 Å². The Labute approximate surface area is 179 Å². The predicted octanol–water partition coefficient (Wildman–Crippen LogP) is 5.05. The van der Waals surface area contributed by atoms with Crippen LogP contribution in [0.2, 0.25) is 0 Å². The van der Waals surface area contributed by atoms with Crippen molar-refractivity contribution in [1.29, 1.82) is 0 Å². The van der Waals surface area contributed by atoms with Crippen LogP contribution in [-0.2, 0) is 5.41 Å². The highest BCUT2D eigenvalue weighted by Gasteiger charge is 2.16. The van der Waals surface area contributed by atoms with Gasteiger partial charge in [0.2, 0.25) is 0 Å². The normalized spacial score (nSPS) is 12.9. The molecule has 0 aliphatic heterocycles. The molecule has 156 valence electrons. The van der Waals surface area contributed by atoms with Gasteiger partial charge in [0.05, 0.1) is 11.7 Å². The Kier molecular flexibility index (Phi) is 5.83. The number of aromatic amines is 1. The quantitative estimate of drug-likeness (QED) is 0.405. The van der Waals surface area contributed by atoms with Crippen LogP contribution in [0.15, 0.2) is 64.4 Å². The van der Waals surface area contributed by atoms with E-state index < -0.39 is 6.10 Å². The first kappa shape index (κ1) is 20.5. The van der Waals surface area contributed by atoms with Crippen molar-refractivity contribution < 1.29 is 14.3 Å². The number of hydrogen-bond acceptors (Lipinski definition) is 6. The number of benzene rings is 2. The molecule has 0 spiro atoms. The highest BCUT2D eigenvalue weighted by atomic mass is 32.2. The van der Waals surface area contributed by atoms with Gasteiger partial charge >= 0.3 is 0 Å². The zero-order chi connectivity index (χ0) is 21.1. The van der Waals surface area contributed by atoms with Gasteiger partial charge in [0.1, 0.15) is 12.4 Å². The minimum atomic E-state index is -0.652. The first-order chi connectivity index (χ1) is 14.4. The van der Waals surface area contributed by atoms with Crippen molar-refractivity contribution in [3.05, 3.63) is 60.3 Å². The molecule has 6 nitrogen and oxygen atoms in total. The summed E-state index contributed by atoms with van der Waals surface area (Å²) in [6, 6.07) is 15.9. The molecule has 0 saturated carbocycles. The van der Waals surface area contributed by atoms with Crippen LogP contribution in [0.25, 0.3) is 22.4 Å². The summed E-state index contributed by atoms with van der Waals surface area (Å²) in [5.74, 6) is 1.60. The average Bonchev–Trinajstić information content (AvgIpc) is 3.37. The fourth-order valence-electron chi connectivity index (χ4n) is 3.08. The van der Waals surface area contributed by atoms with Crippen LogP contribution in [-0.4, -0.2) is 38.8 Å². The standard InChI is InChI=1S/C23H25N3O3S/c1-23(2,3)15-8-10-17(11-9-15)28-13-16(27)14-30-22-26-25-21(29-22)19-12-24-20-7-5-4-6-18(19)20/h4-12,16,24,27H,13-14H2,1-3H3/t16-/m0/s1. The topological polar surface area (TPSA) is 84.2 Å². The van der Waals surface area contributed by atoms with Crippen LogP contribution >= 0.6 is 11.8 Å². The maximum Gasteiger partial charge on any atom is 0.276 e. The number of H-pyrrole nitrogens is 1. The molecular weight excluding hydrogens is 398 g/mol. The number of para-hydroxylation sites is 1. The highest BCUT2D eigenvalue weighted by molar-refractivity contribution is 7.99. The Morgan fingerprint density at radius 3 is 2.63 bits per heavy atom. The van der Waals surface area contributed by atoms with Crippen molar-refractivity contribution in [2.45, 2.75) is 37.5 Å². The number of hydrogen-bond donors (Lipinski definition) is 2. The van der Waals surface area contributed by atoms with Gasteiger partial charge in [-0.25, -0.2) is 0 Å². The van der Waals surface area contributed by atoms with Crippen LogP contribution in [0, 0.1) is 0 Å². The number of fused-ring (bicyclic) bond motifs is 1. The van der Waals surface area contributed by atoms with Crippen molar-refractivity contribution in [2.75, 3.05) is 12.4 Å². The number of aliphatic hydroxyl groups excluding tert-OH is 1. The summed E-state index contributed by atoms with van der Waals surface area (Å²) in [6.07, 6.45) is 1.21. The van der Waals surface area contributed by atoms with Crippen molar-refractivity contribution in [2.24, 2.45) is 0 Å². The van der Waals surface area contributed by atoms with Gasteiger partial charge in [-0.3, -0.25) is 0 Å². The third kappa shape index (κ3) is 4.68. The minimum absolute atomic E-state index is 0.101. The lowest BCUT2D eigenvalue weighted by Gasteiger charge is -2.19. The molecule has 7 heteroatoms. The average molecular weight is 424 g/mol. The molecule has 0 aliphatic carbocycles. The van der Waals surface area contributed by atoms with Crippen molar-refractivity contribution in [3.8, 4) is 17.2 Å². The van der Waals surface area contributed by atoms with E-state index >= 15 is 0 Å². The summed E-state index contributed by atoms with van der Waals surface area (Å²) in [6.45, 7) is 6.72. The molecule has 2 heterocycles. The summed E-state index contributed by atoms with van der Waals surface area (Å²) in [7, 11) is 0. The summed E-state index contributed by atoms with van der Waals surface area (Å²) in [5, 5.41) is 19.9. The molecule has 0 saturated heterocycles. The van der Waals surface area contributed by atoms with Gasteiger partial charge in [-0.2, -0.15) is 0 Å². The monoisotopic (exact) mass is 423 g/mol.